The molecule has 1 N–H and O–H groups in total. The van der Waals surface area contributed by atoms with Crippen molar-refractivity contribution in [3.05, 3.63) is 0 Å². The summed E-state index contributed by atoms with van der Waals surface area (Å²) in [7, 11) is -2.15. The molecule has 0 aliphatic rings. The molecule has 78 valence electrons. The SMILES string of the molecule is CC(=O)[C@H](C)CC(C)(C)[Si](C)(C)O. The molecule has 1 atom stereocenters. The van der Waals surface area contributed by atoms with Crippen molar-refractivity contribution < 1.29 is 9.59 Å². The molecule has 13 heavy (non-hydrogen) atoms. The fourth-order valence-electron chi connectivity index (χ4n) is 1.16. The van der Waals surface area contributed by atoms with Crippen molar-refractivity contribution in [1.82, 2.24) is 0 Å². The lowest BCUT2D eigenvalue weighted by Crippen LogP contribution is -2.40. The standard InChI is InChI=1S/C10H22O2Si/c1-8(9(2)11)7-10(3,4)13(5,6)12/h8,12H,7H2,1-6H3/t8-/m1/s1. The molecule has 0 aromatic rings. The van der Waals surface area contributed by atoms with E-state index < -0.39 is 8.32 Å². The molecule has 0 radical (unpaired) electrons. The molecular formula is C10H22O2Si. The van der Waals surface area contributed by atoms with Crippen LogP contribution in [0.4, 0.5) is 0 Å². The van der Waals surface area contributed by atoms with E-state index in [1.807, 2.05) is 20.0 Å². The van der Waals surface area contributed by atoms with E-state index in [0.717, 1.165) is 6.42 Å². The van der Waals surface area contributed by atoms with Crippen molar-refractivity contribution >= 4 is 14.1 Å². The number of Topliss-reactive ketones (excluding diaryl/α,β-unsaturated/α-hetero) is 1. The first-order valence-corrected chi connectivity index (χ1v) is 7.75. The molecule has 3 heteroatoms. The Bertz CT molecular complexity index is 192. The summed E-state index contributed by atoms with van der Waals surface area (Å²) in [4.78, 5) is 21.1. The van der Waals surface area contributed by atoms with Gasteiger partial charge in [0.1, 0.15) is 5.78 Å². The van der Waals surface area contributed by atoms with Crippen molar-refractivity contribution in [2.24, 2.45) is 5.92 Å². The largest absolute Gasteiger partial charge is 0.432 e. The topological polar surface area (TPSA) is 37.3 Å². The maximum atomic E-state index is 11.1. The Balaban J connectivity index is 4.43. The second kappa shape index (κ2) is 3.92. The summed E-state index contributed by atoms with van der Waals surface area (Å²) >= 11 is 0. The van der Waals surface area contributed by atoms with Gasteiger partial charge in [-0.3, -0.25) is 4.79 Å². The quantitative estimate of drug-likeness (QED) is 0.711. The lowest BCUT2D eigenvalue weighted by molar-refractivity contribution is -0.120. The molecular weight excluding hydrogens is 180 g/mol. The number of ketones is 1. The highest BCUT2D eigenvalue weighted by Crippen LogP contribution is 2.41. The summed E-state index contributed by atoms with van der Waals surface area (Å²) in [5.41, 5.74) is 0. The van der Waals surface area contributed by atoms with Crippen molar-refractivity contribution in [2.45, 2.75) is 52.2 Å². The van der Waals surface area contributed by atoms with Gasteiger partial charge in [-0.25, -0.2) is 0 Å². The van der Waals surface area contributed by atoms with E-state index in [0.29, 0.717) is 0 Å². The summed E-state index contributed by atoms with van der Waals surface area (Å²) in [6.45, 7) is 11.5. The molecule has 0 unspecified atom stereocenters. The predicted octanol–water partition coefficient (Wildman–Crippen LogP) is 2.58. The van der Waals surface area contributed by atoms with Crippen LogP contribution in [-0.2, 0) is 4.79 Å². The molecule has 0 fully saturated rings. The molecule has 0 aromatic heterocycles. The normalized spacial score (nSPS) is 15.6. The summed E-state index contributed by atoms with van der Waals surface area (Å²) in [5, 5.41) is -0.0852. The molecule has 0 spiro atoms. The summed E-state index contributed by atoms with van der Waals surface area (Å²) < 4.78 is 0. The van der Waals surface area contributed by atoms with Crippen LogP contribution in [0.5, 0.6) is 0 Å². The maximum absolute atomic E-state index is 11.1. The third kappa shape index (κ3) is 3.61. The van der Waals surface area contributed by atoms with Crippen LogP contribution in [0, 0.1) is 5.92 Å². The average molecular weight is 202 g/mol. The van der Waals surface area contributed by atoms with Gasteiger partial charge in [-0.15, -0.1) is 0 Å². The monoisotopic (exact) mass is 202 g/mol. The van der Waals surface area contributed by atoms with Crippen LogP contribution in [0.15, 0.2) is 0 Å². The Kier molecular flexibility index (Phi) is 3.88. The highest BCUT2D eigenvalue weighted by Gasteiger charge is 2.39. The predicted molar refractivity (Wildman–Crippen MR) is 58.2 cm³/mol. The van der Waals surface area contributed by atoms with Gasteiger partial charge in [0.2, 0.25) is 0 Å². The Morgan fingerprint density at radius 2 is 1.85 bits per heavy atom. The minimum Gasteiger partial charge on any atom is -0.432 e. The molecule has 0 amide bonds. The Morgan fingerprint density at radius 1 is 1.46 bits per heavy atom. The smallest absolute Gasteiger partial charge is 0.188 e. The summed E-state index contributed by atoms with van der Waals surface area (Å²) in [5.74, 6) is 0.278. The van der Waals surface area contributed by atoms with Crippen molar-refractivity contribution in [2.75, 3.05) is 0 Å². The van der Waals surface area contributed by atoms with Crippen LogP contribution in [-0.4, -0.2) is 18.9 Å². The summed E-state index contributed by atoms with van der Waals surface area (Å²) in [6, 6.07) is 0. The first kappa shape index (κ1) is 12.8. The van der Waals surface area contributed by atoms with Crippen LogP contribution >= 0.6 is 0 Å². The van der Waals surface area contributed by atoms with E-state index in [1.165, 1.54) is 0 Å². The molecule has 0 bridgehead atoms. The Labute approximate surface area is 82.5 Å². The zero-order chi connectivity index (χ0) is 10.9. The third-order valence-corrected chi connectivity index (χ3v) is 6.68. The van der Waals surface area contributed by atoms with E-state index in [4.69, 9.17) is 0 Å². The van der Waals surface area contributed by atoms with Crippen molar-refractivity contribution in [3.63, 3.8) is 0 Å². The van der Waals surface area contributed by atoms with Gasteiger partial charge in [-0.2, -0.15) is 0 Å². The van der Waals surface area contributed by atoms with Gasteiger partial charge < -0.3 is 4.80 Å². The van der Waals surface area contributed by atoms with Crippen LogP contribution in [0.25, 0.3) is 0 Å². The number of hydrogen-bond donors (Lipinski definition) is 1. The van der Waals surface area contributed by atoms with Gasteiger partial charge >= 0.3 is 0 Å². The fourth-order valence-corrected chi connectivity index (χ4v) is 1.96. The van der Waals surface area contributed by atoms with E-state index in [-0.39, 0.29) is 16.7 Å². The molecule has 0 saturated heterocycles. The molecule has 0 aliphatic carbocycles. The number of rotatable bonds is 4. The Morgan fingerprint density at radius 3 is 2.08 bits per heavy atom. The lowest BCUT2D eigenvalue weighted by atomic mass is 9.95. The second-order valence-corrected chi connectivity index (χ2v) is 9.63. The molecule has 0 rings (SSSR count). The Hall–Kier alpha value is -0.153. The molecule has 2 nitrogen and oxygen atoms in total. The second-order valence-electron chi connectivity index (χ2n) is 5.16. The van der Waals surface area contributed by atoms with E-state index in [9.17, 15) is 9.59 Å². The van der Waals surface area contributed by atoms with Gasteiger partial charge in [0.25, 0.3) is 0 Å². The van der Waals surface area contributed by atoms with Crippen LogP contribution in [0.1, 0.15) is 34.1 Å². The first-order chi connectivity index (χ1) is 5.58. The molecule has 0 saturated carbocycles. The van der Waals surface area contributed by atoms with Gasteiger partial charge in [-0.1, -0.05) is 20.8 Å². The number of hydrogen-bond acceptors (Lipinski definition) is 2. The van der Waals surface area contributed by atoms with Crippen molar-refractivity contribution in [1.29, 1.82) is 0 Å². The van der Waals surface area contributed by atoms with Crippen molar-refractivity contribution in [3.8, 4) is 0 Å². The fraction of sp³-hybridized carbons (Fsp3) is 0.900. The zero-order valence-electron chi connectivity index (χ0n) is 9.64. The highest BCUT2D eigenvalue weighted by molar-refractivity contribution is 6.72. The van der Waals surface area contributed by atoms with Gasteiger partial charge in [-0.05, 0) is 31.5 Å². The highest BCUT2D eigenvalue weighted by atomic mass is 28.4. The van der Waals surface area contributed by atoms with Gasteiger partial charge in [0.05, 0.1) is 0 Å². The number of carbonyl (C=O) groups is 1. The van der Waals surface area contributed by atoms with Gasteiger partial charge in [0.15, 0.2) is 8.32 Å². The third-order valence-electron chi connectivity index (χ3n) is 3.17. The molecule has 0 aromatic carbocycles. The van der Waals surface area contributed by atoms with E-state index >= 15 is 0 Å². The molecule has 0 aliphatic heterocycles. The van der Waals surface area contributed by atoms with Crippen LogP contribution in [0.3, 0.4) is 0 Å². The average Bonchev–Trinajstić information content (AvgIpc) is 1.83. The van der Waals surface area contributed by atoms with Crippen LogP contribution < -0.4 is 0 Å². The number of carbonyl (C=O) groups excluding carboxylic acids is 1. The lowest BCUT2D eigenvalue weighted by Gasteiger charge is -2.36. The first-order valence-electron chi connectivity index (χ1n) is 4.81. The van der Waals surface area contributed by atoms with Gasteiger partial charge in [0, 0.05) is 5.92 Å². The minimum absolute atomic E-state index is 0.0638. The van der Waals surface area contributed by atoms with Crippen LogP contribution in [0.2, 0.25) is 18.1 Å². The zero-order valence-corrected chi connectivity index (χ0v) is 10.6. The summed E-state index contributed by atoms with van der Waals surface area (Å²) in [6.07, 6.45) is 0.790. The maximum Gasteiger partial charge on any atom is 0.188 e. The molecule has 0 heterocycles. The van der Waals surface area contributed by atoms with E-state index in [2.05, 4.69) is 13.8 Å². The van der Waals surface area contributed by atoms with E-state index in [1.54, 1.807) is 6.92 Å². The minimum atomic E-state index is -2.15.